The van der Waals surface area contributed by atoms with Gasteiger partial charge in [0, 0.05) is 10.7 Å². The number of benzene rings is 1. The fourth-order valence-electron chi connectivity index (χ4n) is 1.92. The van der Waals surface area contributed by atoms with E-state index in [9.17, 15) is 9.50 Å². The van der Waals surface area contributed by atoms with Crippen molar-refractivity contribution >= 4 is 21.4 Å². The summed E-state index contributed by atoms with van der Waals surface area (Å²) >= 11 is 1.64. The Labute approximate surface area is 104 Å². The monoisotopic (exact) mass is 253 g/mol. The molecule has 17 heavy (non-hydrogen) atoms. The SMILES string of the molecule is CNC(C)C(O)(CF)c1ccc2sccc2c1. The van der Waals surface area contributed by atoms with E-state index in [2.05, 4.69) is 5.32 Å². The molecule has 4 heteroatoms. The van der Waals surface area contributed by atoms with Crippen molar-refractivity contribution in [2.75, 3.05) is 13.7 Å². The van der Waals surface area contributed by atoms with E-state index < -0.39 is 12.3 Å². The largest absolute Gasteiger partial charge is 0.381 e. The topological polar surface area (TPSA) is 32.3 Å². The van der Waals surface area contributed by atoms with Crippen LogP contribution >= 0.6 is 11.3 Å². The molecule has 1 aromatic carbocycles. The molecule has 0 amide bonds. The lowest BCUT2D eigenvalue weighted by Gasteiger charge is -2.31. The molecule has 2 N–H and O–H groups in total. The van der Waals surface area contributed by atoms with Gasteiger partial charge in [-0.15, -0.1) is 11.3 Å². The van der Waals surface area contributed by atoms with Crippen molar-refractivity contribution in [2.45, 2.75) is 18.6 Å². The van der Waals surface area contributed by atoms with Gasteiger partial charge in [0.05, 0.1) is 0 Å². The lowest BCUT2D eigenvalue weighted by Crippen LogP contribution is -2.47. The Balaban J connectivity index is 2.48. The van der Waals surface area contributed by atoms with Gasteiger partial charge in [-0.05, 0) is 48.5 Å². The Kier molecular flexibility index (Phi) is 3.47. The van der Waals surface area contributed by atoms with E-state index in [0.29, 0.717) is 5.56 Å². The number of likely N-dealkylation sites (N-methyl/N-ethyl adjacent to an activating group) is 1. The molecule has 2 nitrogen and oxygen atoms in total. The molecule has 1 aromatic heterocycles. The van der Waals surface area contributed by atoms with Gasteiger partial charge in [0.15, 0.2) is 0 Å². The zero-order chi connectivity index (χ0) is 12.5. The van der Waals surface area contributed by atoms with Gasteiger partial charge in [0.1, 0.15) is 12.3 Å². The van der Waals surface area contributed by atoms with E-state index in [4.69, 9.17) is 0 Å². The zero-order valence-corrected chi connectivity index (χ0v) is 10.7. The van der Waals surface area contributed by atoms with Gasteiger partial charge in [-0.3, -0.25) is 0 Å². The highest BCUT2D eigenvalue weighted by Gasteiger charge is 2.35. The van der Waals surface area contributed by atoms with E-state index in [1.165, 1.54) is 0 Å². The van der Waals surface area contributed by atoms with Crippen LogP contribution in [0.25, 0.3) is 10.1 Å². The first-order valence-corrected chi connectivity index (χ1v) is 6.43. The van der Waals surface area contributed by atoms with Gasteiger partial charge < -0.3 is 10.4 Å². The first kappa shape index (κ1) is 12.5. The van der Waals surface area contributed by atoms with Crippen LogP contribution in [-0.4, -0.2) is 24.9 Å². The lowest BCUT2D eigenvalue weighted by molar-refractivity contribution is -0.0172. The van der Waals surface area contributed by atoms with Crippen LogP contribution in [0.15, 0.2) is 29.6 Å². The van der Waals surface area contributed by atoms with Crippen molar-refractivity contribution < 1.29 is 9.50 Å². The summed E-state index contributed by atoms with van der Waals surface area (Å²) in [6.45, 7) is 0.974. The second-order valence-corrected chi connectivity index (χ2v) is 5.19. The van der Waals surface area contributed by atoms with Crippen LogP contribution in [0.2, 0.25) is 0 Å². The number of rotatable bonds is 4. The average molecular weight is 253 g/mol. The van der Waals surface area contributed by atoms with Gasteiger partial charge >= 0.3 is 0 Å². The highest BCUT2D eigenvalue weighted by Crippen LogP contribution is 2.30. The number of halogens is 1. The summed E-state index contributed by atoms with van der Waals surface area (Å²) in [5, 5.41) is 16.4. The van der Waals surface area contributed by atoms with E-state index in [1.807, 2.05) is 23.6 Å². The number of aliphatic hydroxyl groups is 1. The van der Waals surface area contributed by atoms with Gasteiger partial charge in [-0.1, -0.05) is 6.07 Å². The summed E-state index contributed by atoms with van der Waals surface area (Å²) in [4.78, 5) is 0. The van der Waals surface area contributed by atoms with Crippen molar-refractivity contribution in [3.8, 4) is 0 Å². The van der Waals surface area contributed by atoms with Crippen LogP contribution in [0.4, 0.5) is 4.39 Å². The molecule has 2 unspecified atom stereocenters. The van der Waals surface area contributed by atoms with Crippen molar-refractivity contribution in [3.05, 3.63) is 35.2 Å². The molecule has 0 radical (unpaired) electrons. The Morgan fingerprint density at radius 3 is 2.88 bits per heavy atom. The van der Waals surface area contributed by atoms with Gasteiger partial charge in [-0.2, -0.15) is 0 Å². The number of hydrogen-bond acceptors (Lipinski definition) is 3. The number of hydrogen-bond donors (Lipinski definition) is 2. The maximum Gasteiger partial charge on any atom is 0.133 e. The number of thiophene rings is 1. The van der Waals surface area contributed by atoms with Crippen molar-refractivity contribution in [1.29, 1.82) is 0 Å². The molecule has 0 aliphatic carbocycles. The minimum Gasteiger partial charge on any atom is -0.381 e. The fraction of sp³-hybridized carbons (Fsp3) is 0.385. The van der Waals surface area contributed by atoms with E-state index in [1.54, 1.807) is 31.4 Å². The summed E-state index contributed by atoms with van der Waals surface area (Å²) in [5.74, 6) is 0. The molecule has 92 valence electrons. The highest BCUT2D eigenvalue weighted by molar-refractivity contribution is 7.17. The van der Waals surface area contributed by atoms with Crippen LogP contribution in [0, 0.1) is 0 Å². The molecule has 0 spiro atoms. The second-order valence-electron chi connectivity index (χ2n) is 4.24. The van der Waals surface area contributed by atoms with Crippen LogP contribution in [0.3, 0.4) is 0 Å². The Morgan fingerprint density at radius 1 is 1.47 bits per heavy atom. The third kappa shape index (κ3) is 2.08. The quantitative estimate of drug-likeness (QED) is 0.878. The molecule has 2 atom stereocenters. The maximum atomic E-state index is 13.2. The molecule has 0 saturated heterocycles. The zero-order valence-electron chi connectivity index (χ0n) is 9.90. The normalized spacial score (nSPS) is 16.9. The van der Waals surface area contributed by atoms with Gasteiger partial charge in [-0.25, -0.2) is 4.39 Å². The number of alkyl halides is 1. The van der Waals surface area contributed by atoms with E-state index in [-0.39, 0.29) is 6.04 Å². The molecule has 0 aliphatic heterocycles. The van der Waals surface area contributed by atoms with E-state index in [0.717, 1.165) is 10.1 Å². The molecular formula is C13H16FNOS. The lowest BCUT2D eigenvalue weighted by atomic mass is 9.88. The first-order valence-electron chi connectivity index (χ1n) is 5.55. The molecule has 2 aromatic rings. The Morgan fingerprint density at radius 2 is 2.24 bits per heavy atom. The maximum absolute atomic E-state index is 13.2. The van der Waals surface area contributed by atoms with Crippen LogP contribution in [-0.2, 0) is 5.60 Å². The van der Waals surface area contributed by atoms with Crippen LogP contribution in [0.1, 0.15) is 12.5 Å². The molecule has 1 heterocycles. The third-order valence-electron chi connectivity index (χ3n) is 3.31. The van der Waals surface area contributed by atoms with Crippen molar-refractivity contribution in [1.82, 2.24) is 5.32 Å². The highest BCUT2D eigenvalue weighted by atomic mass is 32.1. The molecular weight excluding hydrogens is 237 g/mol. The molecule has 0 fully saturated rings. The summed E-state index contributed by atoms with van der Waals surface area (Å²) < 4.78 is 14.3. The second kappa shape index (κ2) is 4.72. The predicted octanol–water partition coefficient (Wildman–Crippen LogP) is 2.67. The first-order chi connectivity index (χ1) is 8.11. The van der Waals surface area contributed by atoms with Crippen LogP contribution < -0.4 is 5.32 Å². The minimum atomic E-state index is -1.47. The average Bonchev–Trinajstić information content (AvgIpc) is 2.83. The standard InChI is InChI=1S/C13H16FNOS/c1-9(15-2)13(16,8-14)11-3-4-12-10(7-11)5-6-17-12/h3-7,9,15-16H,8H2,1-2H3. The van der Waals surface area contributed by atoms with Crippen LogP contribution in [0.5, 0.6) is 0 Å². The fourth-order valence-corrected chi connectivity index (χ4v) is 2.69. The summed E-state index contributed by atoms with van der Waals surface area (Å²) in [6.07, 6.45) is 0. The van der Waals surface area contributed by atoms with Gasteiger partial charge in [0.25, 0.3) is 0 Å². The van der Waals surface area contributed by atoms with Crippen molar-refractivity contribution in [3.63, 3.8) is 0 Å². The molecule has 0 aliphatic rings. The smallest absolute Gasteiger partial charge is 0.133 e. The Hall–Kier alpha value is -0.970. The number of fused-ring (bicyclic) bond motifs is 1. The minimum absolute atomic E-state index is 0.344. The Bertz CT molecular complexity index is 513. The third-order valence-corrected chi connectivity index (χ3v) is 4.20. The summed E-state index contributed by atoms with van der Waals surface area (Å²) in [5.41, 5.74) is -0.849. The summed E-state index contributed by atoms with van der Waals surface area (Å²) in [6, 6.07) is 7.22. The number of nitrogens with one attached hydrogen (secondary N) is 1. The van der Waals surface area contributed by atoms with Gasteiger partial charge in [0.2, 0.25) is 0 Å². The molecule has 0 bridgehead atoms. The predicted molar refractivity (Wildman–Crippen MR) is 70.2 cm³/mol. The van der Waals surface area contributed by atoms with E-state index >= 15 is 0 Å². The molecule has 0 saturated carbocycles. The molecule has 2 rings (SSSR count). The summed E-state index contributed by atoms with van der Waals surface area (Å²) in [7, 11) is 1.72. The van der Waals surface area contributed by atoms with Crippen molar-refractivity contribution in [2.24, 2.45) is 0 Å².